The maximum Gasteiger partial charge on any atom is 0.0125 e. The van der Waals surface area contributed by atoms with Crippen LogP contribution in [-0.2, 0) is 0 Å². The quantitative estimate of drug-likeness (QED) is 0.633. The minimum absolute atomic E-state index is 0.330. The molecule has 0 aromatic heterocycles. The molecular weight excluding hydrogens is 158 g/mol. The molecule has 0 N–H and O–H groups in total. The fourth-order valence-corrected chi connectivity index (χ4v) is 1.84. The third-order valence-corrected chi connectivity index (χ3v) is 2.64. The van der Waals surface area contributed by atoms with E-state index in [4.69, 9.17) is 0 Å². The number of hydrogen-bond donors (Lipinski definition) is 0. The zero-order chi connectivity index (χ0) is 10.5. The Kier molecular flexibility index (Phi) is 5.62. The van der Waals surface area contributed by atoms with Gasteiger partial charge in [0, 0.05) is 12.1 Å². The van der Waals surface area contributed by atoms with Crippen molar-refractivity contribution in [1.82, 2.24) is 4.90 Å². The predicted octanol–water partition coefficient (Wildman–Crippen LogP) is 3.54. The van der Waals surface area contributed by atoms with E-state index in [1.165, 1.54) is 19.4 Å². The predicted molar refractivity (Wildman–Crippen MR) is 61.1 cm³/mol. The van der Waals surface area contributed by atoms with Crippen LogP contribution in [0, 0.1) is 5.92 Å². The average Bonchev–Trinajstić information content (AvgIpc) is 1.98. The first-order valence-electron chi connectivity index (χ1n) is 5.66. The minimum Gasteiger partial charge on any atom is -0.298 e. The molecule has 0 saturated carbocycles. The van der Waals surface area contributed by atoms with Crippen molar-refractivity contribution >= 4 is 0 Å². The molecule has 1 atom stereocenters. The van der Waals surface area contributed by atoms with E-state index in [1.54, 1.807) is 0 Å². The third-order valence-electron chi connectivity index (χ3n) is 2.64. The Bertz CT molecular complexity index is 124. The standard InChI is InChI=1S/C12H27N/c1-7-9-11(3)10-13(8-2)12(4,5)6/h11H,7-10H2,1-6H3. The summed E-state index contributed by atoms with van der Waals surface area (Å²) in [4.78, 5) is 2.56. The summed E-state index contributed by atoms with van der Waals surface area (Å²) in [6.45, 7) is 16.2. The summed E-state index contributed by atoms with van der Waals surface area (Å²) < 4.78 is 0. The van der Waals surface area contributed by atoms with E-state index in [2.05, 4.69) is 46.4 Å². The van der Waals surface area contributed by atoms with Gasteiger partial charge >= 0.3 is 0 Å². The third kappa shape index (κ3) is 5.30. The van der Waals surface area contributed by atoms with Crippen molar-refractivity contribution in [1.29, 1.82) is 0 Å². The molecule has 1 nitrogen and oxygen atoms in total. The summed E-state index contributed by atoms with van der Waals surface area (Å²) >= 11 is 0. The average molecular weight is 185 g/mol. The molecule has 80 valence electrons. The molecule has 0 amide bonds. The van der Waals surface area contributed by atoms with Crippen LogP contribution >= 0.6 is 0 Å². The molecule has 0 fully saturated rings. The van der Waals surface area contributed by atoms with Crippen LogP contribution in [-0.4, -0.2) is 23.5 Å². The van der Waals surface area contributed by atoms with Gasteiger partial charge in [-0.05, 0) is 39.7 Å². The first-order chi connectivity index (χ1) is 5.91. The minimum atomic E-state index is 0.330. The first kappa shape index (κ1) is 13.0. The Morgan fingerprint density at radius 3 is 2.00 bits per heavy atom. The first-order valence-corrected chi connectivity index (χ1v) is 5.66. The molecule has 0 saturated heterocycles. The molecule has 0 aliphatic rings. The van der Waals surface area contributed by atoms with Gasteiger partial charge in [0.2, 0.25) is 0 Å². The van der Waals surface area contributed by atoms with Crippen molar-refractivity contribution < 1.29 is 0 Å². The van der Waals surface area contributed by atoms with Crippen molar-refractivity contribution in [3.05, 3.63) is 0 Å². The van der Waals surface area contributed by atoms with Crippen LogP contribution in [0.2, 0.25) is 0 Å². The van der Waals surface area contributed by atoms with E-state index >= 15 is 0 Å². The molecule has 0 aromatic rings. The maximum absolute atomic E-state index is 2.56. The molecular formula is C12H27N. The van der Waals surface area contributed by atoms with Crippen LogP contribution in [0.1, 0.15) is 54.4 Å². The van der Waals surface area contributed by atoms with Crippen LogP contribution in [0.15, 0.2) is 0 Å². The molecule has 1 unspecified atom stereocenters. The Balaban J connectivity index is 3.98. The van der Waals surface area contributed by atoms with E-state index in [9.17, 15) is 0 Å². The fraction of sp³-hybridized carbons (Fsp3) is 1.00. The summed E-state index contributed by atoms with van der Waals surface area (Å²) in [5, 5.41) is 0. The Morgan fingerprint density at radius 2 is 1.69 bits per heavy atom. The molecule has 13 heavy (non-hydrogen) atoms. The summed E-state index contributed by atoms with van der Waals surface area (Å²) in [5.74, 6) is 0.837. The van der Waals surface area contributed by atoms with Crippen molar-refractivity contribution in [2.45, 2.75) is 59.9 Å². The lowest BCUT2D eigenvalue weighted by Crippen LogP contribution is -2.43. The van der Waals surface area contributed by atoms with Gasteiger partial charge in [0.1, 0.15) is 0 Å². The van der Waals surface area contributed by atoms with Crippen molar-refractivity contribution in [2.75, 3.05) is 13.1 Å². The van der Waals surface area contributed by atoms with Gasteiger partial charge in [-0.25, -0.2) is 0 Å². The lowest BCUT2D eigenvalue weighted by molar-refractivity contribution is 0.122. The van der Waals surface area contributed by atoms with Crippen LogP contribution in [0.3, 0.4) is 0 Å². The smallest absolute Gasteiger partial charge is 0.0125 e. The van der Waals surface area contributed by atoms with Crippen molar-refractivity contribution in [3.8, 4) is 0 Å². The van der Waals surface area contributed by atoms with Crippen molar-refractivity contribution in [2.24, 2.45) is 5.92 Å². The number of rotatable bonds is 5. The lowest BCUT2D eigenvalue weighted by Gasteiger charge is -2.36. The van der Waals surface area contributed by atoms with Gasteiger partial charge < -0.3 is 0 Å². The zero-order valence-electron chi connectivity index (χ0n) is 10.4. The molecule has 0 radical (unpaired) electrons. The van der Waals surface area contributed by atoms with E-state index in [0.29, 0.717) is 5.54 Å². The monoisotopic (exact) mass is 185 g/mol. The maximum atomic E-state index is 2.56. The number of nitrogens with zero attached hydrogens (tertiary/aromatic N) is 1. The van der Waals surface area contributed by atoms with E-state index < -0.39 is 0 Å². The highest BCUT2D eigenvalue weighted by atomic mass is 15.2. The molecule has 0 spiro atoms. The van der Waals surface area contributed by atoms with Gasteiger partial charge in [-0.15, -0.1) is 0 Å². The normalized spacial score (nSPS) is 15.0. The molecule has 0 rings (SSSR count). The molecule has 0 aliphatic heterocycles. The van der Waals surface area contributed by atoms with Gasteiger partial charge in [0.05, 0.1) is 0 Å². The highest BCUT2D eigenvalue weighted by Crippen LogP contribution is 2.16. The molecule has 0 heterocycles. The van der Waals surface area contributed by atoms with Crippen LogP contribution < -0.4 is 0 Å². The molecule has 0 aliphatic carbocycles. The van der Waals surface area contributed by atoms with Gasteiger partial charge in [-0.1, -0.05) is 27.2 Å². The Labute approximate surface area is 84.5 Å². The fourth-order valence-electron chi connectivity index (χ4n) is 1.84. The summed E-state index contributed by atoms with van der Waals surface area (Å²) in [5.41, 5.74) is 0.330. The van der Waals surface area contributed by atoms with E-state index in [-0.39, 0.29) is 0 Å². The summed E-state index contributed by atoms with van der Waals surface area (Å²) in [6.07, 6.45) is 2.66. The number of hydrogen-bond acceptors (Lipinski definition) is 1. The van der Waals surface area contributed by atoms with Crippen LogP contribution in [0.25, 0.3) is 0 Å². The van der Waals surface area contributed by atoms with Crippen molar-refractivity contribution in [3.63, 3.8) is 0 Å². The Hall–Kier alpha value is -0.0400. The topological polar surface area (TPSA) is 3.24 Å². The SMILES string of the molecule is CCCC(C)CN(CC)C(C)(C)C. The van der Waals surface area contributed by atoms with Crippen LogP contribution in [0.4, 0.5) is 0 Å². The second-order valence-electron chi connectivity index (χ2n) is 5.10. The molecule has 1 heteroatoms. The second kappa shape index (κ2) is 5.64. The molecule has 0 bridgehead atoms. The highest BCUT2D eigenvalue weighted by molar-refractivity contribution is 4.76. The van der Waals surface area contributed by atoms with Gasteiger partial charge in [-0.3, -0.25) is 4.90 Å². The second-order valence-corrected chi connectivity index (χ2v) is 5.10. The van der Waals surface area contributed by atoms with Gasteiger partial charge in [0.15, 0.2) is 0 Å². The lowest BCUT2D eigenvalue weighted by atomic mass is 10.0. The molecule has 0 aromatic carbocycles. The largest absolute Gasteiger partial charge is 0.298 e. The van der Waals surface area contributed by atoms with E-state index in [1.807, 2.05) is 0 Å². The van der Waals surface area contributed by atoms with Gasteiger partial charge in [0.25, 0.3) is 0 Å². The van der Waals surface area contributed by atoms with Gasteiger partial charge in [-0.2, -0.15) is 0 Å². The summed E-state index contributed by atoms with van der Waals surface area (Å²) in [7, 11) is 0. The Morgan fingerprint density at radius 1 is 1.15 bits per heavy atom. The highest BCUT2D eigenvalue weighted by Gasteiger charge is 2.20. The zero-order valence-corrected chi connectivity index (χ0v) is 10.4. The summed E-state index contributed by atoms with van der Waals surface area (Å²) in [6, 6.07) is 0. The van der Waals surface area contributed by atoms with E-state index in [0.717, 1.165) is 12.5 Å². The van der Waals surface area contributed by atoms with Crippen LogP contribution in [0.5, 0.6) is 0 Å².